The van der Waals surface area contributed by atoms with Crippen molar-refractivity contribution in [2.45, 2.75) is 58.6 Å². The van der Waals surface area contributed by atoms with E-state index in [4.69, 9.17) is 4.74 Å². The Morgan fingerprint density at radius 1 is 1.40 bits per heavy atom. The van der Waals surface area contributed by atoms with Crippen molar-refractivity contribution >= 4 is 6.09 Å². The van der Waals surface area contributed by atoms with Crippen molar-refractivity contribution in [3.63, 3.8) is 0 Å². The summed E-state index contributed by atoms with van der Waals surface area (Å²) in [7, 11) is 0. The van der Waals surface area contributed by atoms with E-state index in [9.17, 15) is 4.79 Å². The monoisotopic (exact) mass is 212 g/mol. The quantitative estimate of drug-likeness (QED) is 0.725. The van der Waals surface area contributed by atoms with Crippen LogP contribution in [0.15, 0.2) is 0 Å². The van der Waals surface area contributed by atoms with Gasteiger partial charge in [-0.15, -0.1) is 0 Å². The first-order chi connectivity index (χ1) is 6.87. The van der Waals surface area contributed by atoms with Gasteiger partial charge in [-0.1, -0.05) is 6.92 Å². The molecule has 1 aliphatic carbocycles. The van der Waals surface area contributed by atoms with Gasteiger partial charge in [0.1, 0.15) is 5.60 Å². The molecule has 3 nitrogen and oxygen atoms in total. The molecule has 0 spiro atoms. The summed E-state index contributed by atoms with van der Waals surface area (Å²) in [4.78, 5) is 11.5. The molecule has 0 aromatic carbocycles. The minimum absolute atomic E-state index is 0.191. The fourth-order valence-corrected chi connectivity index (χ4v) is 1.69. The maximum absolute atomic E-state index is 11.5. The van der Waals surface area contributed by atoms with Gasteiger partial charge < -0.3 is 10.1 Å². The number of carbonyl (C=O) groups is 1. The summed E-state index contributed by atoms with van der Waals surface area (Å²) in [6, 6.07) is 0.191. The summed E-state index contributed by atoms with van der Waals surface area (Å²) in [5.74, 6) is 0.752. The summed E-state index contributed by atoms with van der Waals surface area (Å²) in [6.45, 7) is 7.86. The highest BCUT2D eigenvalue weighted by molar-refractivity contribution is 5.68. The Hall–Kier alpha value is -0.730. The van der Waals surface area contributed by atoms with E-state index in [0.29, 0.717) is 0 Å². The molecule has 1 radical (unpaired) electrons. The number of carbonyl (C=O) groups excluding carboxylic acids is 1. The van der Waals surface area contributed by atoms with Crippen LogP contribution in [0.4, 0.5) is 4.79 Å². The molecule has 0 saturated heterocycles. The van der Waals surface area contributed by atoms with E-state index in [1.165, 1.54) is 6.42 Å². The largest absolute Gasteiger partial charge is 0.444 e. The van der Waals surface area contributed by atoms with Gasteiger partial charge in [0, 0.05) is 6.04 Å². The minimum atomic E-state index is -0.411. The zero-order valence-electron chi connectivity index (χ0n) is 10.2. The van der Waals surface area contributed by atoms with Crippen LogP contribution in [0, 0.1) is 12.3 Å². The van der Waals surface area contributed by atoms with Gasteiger partial charge >= 0.3 is 6.09 Å². The van der Waals surface area contributed by atoms with Gasteiger partial charge in [0.25, 0.3) is 0 Å². The number of hydrogen-bond acceptors (Lipinski definition) is 2. The summed E-state index contributed by atoms with van der Waals surface area (Å²) in [5.41, 5.74) is -0.411. The Kier molecular flexibility index (Phi) is 4.00. The highest BCUT2D eigenvalue weighted by Crippen LogP contribution is 2.22. The SMILES string of the molecule is CC1C[CH]C(NC(=O)OC(C)(C)C)CC1. The van der Waals surface area contributed by atoms with E-state index in [1.807, 2.05) is 20.8 Å². The summed E-state index contributed by atoms with van der Waals surface area (Å²) in [6.07, 6.45) is 5.16. The molecule has 1 saturated carbocycles. The van der Waals surface area contributed by atoms with Crippen LogP contribution in [-0.2, 0) is 4.74 Å². The van der Waals surface area contributed by atoms with Gasteiger partial charge in [0.2, 0.25) is 0 Å². The fourth-order valence-electron chi connectivity index (χ4n) is 1.69. The molecule has 0 aromatic heterocycles. The third kappa shape index (κ3) is 5.05. The summed E-state index contributed by atoms with van der Waals surface area (Å²) < 4.78 is 5.20. The van der Waals surface area contributed by atoms with Crippen LogP contribution in [0.1, 0.15) is 47.0 Å². The van der Waals surface area contributed by atoms with Gasteiger partial charge in [-0.3, -0.25) is 0 Å². The van der Waals surface area contributed by atoms with Gasteiger partial charge in [0.15, 0.2) is 0 Å². The zero-order valence-corrected chi connectivity index (χ0v) is 10.2. The summed E-state index contributed by atoms with van der Waals surface area (Å²) >= 11 is 0. The lowest BCUT2D eigenvalue weighted by atomic mass is 9.87. The molecule has 1 amide bonds. The predicted molar refractivity (Wildman–Crippen MR) is 60.5 cm³/mol. The van der Waals surface area contributed by atoms with E-state index < -0.39 is 5.60 Å². The third-order valence-electron chi connectivity index (χ3n) is 2.50. The normalized spacial score (nSPS) is 27.2. The molecular weight excluding hydrogens is 190 g/mol. The van der Waals surface area contributed by atoms with E-state index in [2.05, 4.69) is 18.7 Å². The van der Waals surface area contributed by atoms with Crippen LogP contribution in [0.3, 0.4) is 0 Å². The number of rotatable bonds is 1. The van der Waals surface area contributed by atoms with E-state index in [1.54, 1.807) is 0 Å². The molecule has 0 bridgehead atoms. The van der Waals surface area contributed by atoms with Crippen LogP contribution in [0.25, 0.3) is 0 Å². The molecule has 0 heterocycles. The lowest BCUT2D eigenvalue weighted by Crippen LogP contribution is -2.41. The van der Waals surface area contributed by atoms with Crippen LogP contribution >= 0.6 is 0 Å². The van der Waals surface area contributed by atoms with Crippen LogP contribution in [-0.4, -0.2) is 17.7 Å². The number of alkyl carbamates (subject to hydrolysis) is 1. The molecule has 3 heteroatoms. The third-order valence-corrected chi connectivity index (χ3v) is 2.50. The van der Waals surface area contributed by atoms with Gasteiger partial charge in [-0.05, 0) is 52.4 Å². The molecule has 0 aromatic rings. The number of ether oxygens (including phenoxy) is 1. The Morgan fingerprint density at radius 2 is 2.07 bits per heavy atom. The molecule has 1 fully saturated rings. The maximum Gasteiger partial charge on any atom is 0.407 e. The molecule has 87 valence electrons. The number of amides is 1. The van der Waals surface area contributed by atoms with Crippen LogP contribution in [0.5, 0.6) is 0 Å². The van der Waals surface area contributed by atoms with Crippen LogP contribution in [0.2, 0.25) is 0 Å². The van der Waals surface area contributed by atoms with E-state index >= 15 is 0 Å². The first-order valence-corrected chi connectivity index (χ1v) is 5.69. The van der Waals surface area contributed by atoms with Crippen molar-refractivity contribution < 1.29 is 9.53 Å². The standard InChI is InChI=1S/C12H22NO2/c1-9-5-7-10(8-6-9)13-11(14)15-12(2,3)4/h7,9-10H,5-6,8H2,1-4H3,(H,13,14). The average Bonchev–Trinajstić information content (AvgIpc) is 2.05. The second-order valence-corrected chi connectivity index (χ2v) is 5.41. The van der Waals surface area contributed by atoms with Gasteiger partial charge in [0.05, 0.1) is 0 Å². The summed E-state index contributed by atoms with van der Waals surface area (Å²) in [5, 5.41) is 2.88. The van der Waals surface area contributed by atoms with Gasteiger partial charge in [-0.2, -0.15) is 0 Å². The highest BCUT2D eigenvalue weighted by atomic mass is 16.6. The first-order valence-electron chi connectivity index (χ1n) is 5.69. The Balaban J connectivity index is 2.27. The van der Waals surface area contributed by atoms with E-state index in [0.717, 1.165) is 18.8 Å². The van der Waals surface area contributed by atoms with Crippen LogP contribution < -0.4 is 5.32 Å². The first kappa shape index (κ1) is 12.3. The molecule has 15 heavy (non-hydrogen) atoms. The van der Waals surface area contributed by atoms with Crippen molar-refractivity contribution in [1.82, 2.24) is 5.32 Å². The topological polar surface area (TPSA) is 38.3 Å². The number of nitrogens with one attached hydrogen (secondary N) is 1. The van der Waals surface area contributed by atoms with Gasteiger partial charge in [-0.25, -0.2) is 4.79 Å². The fraction of sp³-hybridized carbons (Fsp3) is 0.833. The minimum Gasteiger partial charge on any atom is -0.444 e. The Morgan fingerprint density at radius 3 is 2.53 bits per heavy atom. The van der Waals surface area contributed by atoms with Crippen molar-refractivity contribution in [2.24, 2.45) is 5.92 Å². The highest BCUT2D eigenvalue weighted by Gasteiger charge is 2.22. The molecular formula is C12H22NO2. The molecule has 0 aliphatic heterocycles. The lowest BCUT2D eigenvalue weighted by Gasteiger charge is -2.28. The average molecular weight is 212 g/mol. The van der Waals surface area contributed by atoms with E-state index in [-0.39, 0.29) is 12.1 Å². The zero-order chi connectivity index (χ0) is 11.5. The molecule has 2 unspecified atom stereocenters. The second kappa shape index (κ2) is 4.86. The van der Waals surface area contributed by atoms with Crippen molar-refractivity contribution in [2.75, 3.05) is 0 Å². The van der Waals surface area contributed by atoms with Crippen molar-refractivity contribution in [3.8, 4) is 0 Å². The predicted octanol–water partition coefficient (Wildman–Crippen LogP) is 2.90. The molecule has 1 rings (SSSR count). The molecule has 1 N–H and O–H groups in total. The molecule has 1 aliphatic rings. The van der Waals surface area contributed by atoms with Crippen molar-refractivity contribution in [3.05, 3.63) is 6.42 Å². The second-order valence-electron chi connectivity index (χ2n) is 5.41. The maximum atomic E-state index is 11.5. The Labute approximate surface area is 92.6 Å². The lowest BCUT2D eigenvalue weighted by molar-refractivity contribution is 0.0502. The Bertz CT molecular complexity index is 212. The van der Waals surface area contributed by atoms with Crippen molar-refractivity contribution in [1.29, 1.82) is 0 Å². The number of hydrogen-bond donors (Lipinski definition) is 1. The smallest absolute Gasteiger partial charge is 0.407 e. The molecule has 2 atom stereocenters.